The highest BCUT2D eigenvalue weighted by Crippen LogP contribution is 2.45. The van der Waals surface area contributed by atoms with E-state index in [0.29, 0.717) is 22.4 Å². The van der Waals surface area contributed by atoms with Crippen LogP contribution in [-0.2, 0) is 4.79 Å². The predicted molar refractivity (Wildman–Crippen MR) is 122 cm³/mol. The van der Waals surface area contributed by atoms with Crippen molar-refractivity contribution in [2.75, 3.05) is 7.05 Å². The van der Waals surface area contributed by atoms with E-state index in [1.54, 1.807) is 31.3 Å². The first-order chi connectivity index (χ1) is 14.4. The SMILES string of the molecule is CC[C@@H](NC(=O)c1ccc(Cl)cc1)[C@@H]1CC([C@H](C(=O)NC)c2ccccc2)C[C@@H]1C. The fourth-order valence-electron chi connectivity index (χ4n) is 4.98. The van der Waals surface area contributed by atoms with E-state index < -0.39 is 0 Å². The Hall–Kier alpha value is -2.33. The molecule has 2 amide bonds. The molecule has 1 saturated carbocycles. The van der Waals surface area contributed by atoms with Crippen LogP contribution in [0.4, 0.5) is 0 Å². The molecule has 2 aromatic carbocycles. The molecule has 5 heteroatoms. The summed E-state index contributed by atoms with van der Waals surface area (Å²) in [6, 6.07) is 17.1. The Labute approximate surface area is 184 Å². The van der Waals surface area contributed by atoms with Crippen LogP contribution < -0.4 is 10.6 Å². The third kappa shape index (κ3) is 5.04. The number of amides is 2. The van der Waals surface area contributed by atoms with E-state index in [1.807, 2.05) is 30.3 Å². The van der Waals surface area contributed by atoms with Gasteiger partial charge in [0.1, 0.15) is 0 Å². The summed E-state index contributed by atoms with van der Waals surface area (Å²) < 4.78 is 0. The van der Waals surface area contributed by atoms with Crippen molar-refractivity contribution in [3.05, 3.63) is 70.7 Å². The minimum atomic E-state index is -0.159. The fraction of sp³-hybridized carbons (Fsp3) is 0.440. The molecule has 1 unspecified atom stereocenters. The molecule has 0 aromatic heterocycles. The van der Waals surface area contributed by atoms with Gasteiger partial charge in [0, 0.05) is 23.7 Å². The Morgan fingerprint density at radius 2 is 1.73 bits per heavy atom. The van der Waals surface area contributed by atoms with E-state index in [4.69, 9.17) is 11.6 Å². The topological polar surface area (TPSA) is 58.2 Å². The highest BCUT2D eigenvalue weighted by molar-refractivity contribution is 6.30. The summed E-state index contributed by atoms with van der Waals surface area (Å²) in [4.78, 5) is 25.5. The minimum absolute atomic E-state index is 0.0669. The molecule has 1 aliphatic rings. The van der Waals surface area contributed by atoms with Crippen molar-refractivity contribution in [3.63, 3.8) is 0 Å². The summed E-state index contributed by atoms with van der Waals surface area (Å²) in [5.74, 6) is 0.868. The minimum Gasteiger partial charge on any atom is -0.359 e. The average molecular weight is 427 g/mol. The number of halogens is 1. The molecule has 0 saturated heterocycles. The monoisotopic (exact) mass is 426 g/mol. The largest absolute Gasteiger partial charge is 0.359 e. The van der Waals surface area contributed by atoms with E-state index in [9.17, 15) is 9.59 Å². The molecule has 160 valence electrons. The highest BCUT2D eigenvalue weighted by atomic mass is 35.5. The Balaban J connectivity index is 1.75. The Bertz CT molecular complexity index is 853. The van der Waals surface area contributed by atoms with Crippen LogP contribution in [0.1, 0.15) is 54.9 Å². The molecule has 3 rings (SSSR count). The van der Waals surface area contributed by atoms with Gasteiger partial charge in [0.05, 0.1) is 5.92 Å². The van der Waals surface area contributed by atoms with Gasteiger partial charge >= 0.3 is 0 Å². The number of carbonyl (C=O) groups excluding carboxylic acids is 2. The third-order valence-electron chi connectivity index (χ3n) is 6.52. The van der Waals surface area contributed by atoms with Gasteiger partial charge in [-0.05, 0) is 66.8 Å². The van der Waals surface area contributed by atoms with Crippen LogP contribution in [0.25, 0.3) is 0 Å². The molecular weight excluding hydrogens is 396 g/mol. The second-order valence-corrected chi connectivity index (χ2v) is 8.81. The Morgan fingerprint density at radius 1 is 1.07 bits per heavy atom. The average Bonchev–Trinajstić information content (AvgIpc) is 3.13. The van der Waals surface area contributed by atoms with Crippen LogP contribution in [0.5, 0.6) is 0 Å². The van der Waals surface area contributed by atoms with Crippen molar-refractivity contribution in [2.24, 2.45) is 17.8 Å². The number of hydrogen-bond donors (Lipinski definition) is 2. The van der Waals surface area contributed by atoms with Gasteiger partial charge in [-0.3, -0.25) is 9.59 Å². The predicted octanol–water partition coefficient (Wildman–Crippen LogP) is 5.04. The maximum atomic E-state index is 12.8. The second kappa shape index (κ2) is 10.1. The van der Waals surface area contributed by atoms with Crippen LogP contribution in [0.2, 0.25) is 5.02 Å². The maximum Gasteiger partial charge on any atom is 0.251 e. The maximum absolute atomic E-state index is 12.8. The molecule has 0 spiro atoms. The molecule has 30 heavy (non-hydrogen) atoms. The highest BCUT2D eigenvalue weighted by Gasteiger charge is 2.42. The van der Waals surface area contributed by atoms with Crippen LogP contribution >= 0.6 is 11.6 Å². The zero-order valence-electron chi connectivity index (χ0n) is 17.9. The van der Waals surface area contributed by atoms with Crippen molar-refractivity contribution in [3.8, 4) is 0 Å². The molecule has 0 heterocycles. The second-order valence-electron chi connectivity index (χ2n) is 8.37. The van der Waals surface area contributed by atoms with Gasteiger partial charge in [-0.2, -0.15) is 0 Å². The molecule has 1 aliphatic carbocycles. The van der Waals surface area contributed by atoms with Gasteiger partial charge in [0.15, 0.2) is 0 Å². The van der Waals surface area contributed by atoms with Gasteiger partial charge in [-0.15, -0.1) is 0 Å². The van der Waals surface area contributed by atoms with E-state index >= 15 is 0 Å². The summed E-state index contributed by atoms with van der Waals surface area (Å²) in [6.07, 6.45) is 2.76. The van der Waals surface area contributed by atoms with Gasteiger partial charge in [0.2, 0.25) is 5.91 Å². The van der Waals surface area contributed by atoms with Crippen LogP contribution in [0.3, 0.4) is 0 Å². The van der Waals surface area contributed by atoms with Gasteiger partial charge in [-0.25, -0.2) is 0 Å². The van der Waals surface area contributed by atoms with E-state index in [0.717, 1.165) is 24.8 Å². The first kappa shape index (κ1) is 22.4. The number of nitrogens with one attached hydrogen (secondary N) is 2. The number of hydrogen-bond acceptors (Lipinski definition) is 2. The van der Waals surface area contributed by atoms with E-state index in [2.05, 4.69) is 24.5 Å². The standard InChI is InChI=1S/C25H31ClN2O2/c1-4-22(28-24(29)18-10-12-20(26)13-11-18)21-15-19(14-16(21)2)23(25(30)27-3)17-8-6-5-7-9-17/h5-13,16,19,21-23H,4,14-15H2,1-3H3,(H,27,30)(H,28,29)/t16-,19?,21+,22+,23+/m0/s1. The summed E-state index contributed by atoms with van der Waals surface area (Å²) in [6.45, 7) is 4.36. The first-order valence-electron chi connectivity index (χ1n) is 10.8. The Kier molecular flexibility index (Phi) is 7.54. The molecule has 0 aliphatic heterocycles. The molecule has 1 fully saturated rings. The first-order valence-corrected chi connectivity index (χ1v) is 11.1. The van der Waals surface area contributed by atoms with Gasteiger partial charge < -0.3 is 10.6 Å². The summed E-state index contributed by atoms with van der Waals surface area (Å²) in [5.41, 5.74) is 1.68. The van der Waals surface area contributed by atoms with Crippen LogP contribution in [-0.4, -0.2) is 24.9 Å². The molecule has 2 aromatic rings. The number of likely N-dealkylation sites (N-methyl/N-ethyl adjacent to an activating group) is 1. The summed E-state index contributed by atoms with van der Waals surface area (Å²) in [5, 5.41) is 6.70. The molecular formula is C25H31ClN2O2. The zero-order chi connectivity index (χ0) is 21.7. The lowest BCUT2D eigenvalue weighted by Gasteiger charge is -2.27. The molecule has 0 bridgehead atoms. The molecule has 4 nitrogen and oxygen atoms in total. The van der Waals surface area contributed by atoms with Crippen LogP contribution in [0, 0.1) is 17.8 Å². The van der Waals surface area contributed by atoms with Crippen molar-refractivity contribution >= 4 is 23.4 Å². The molecule has 0 radical (unpaired) electrons. The van der Waals surface area contributed by atoms with Crippen LogP contribution in [0.15, 0.2) is 54.6 Å². The van der Waals surface area contributed by atoms with Crippen molar-refractivity contribution in [1.29, 1.82) is 0 Å². The quantitative estimate of drug-likeness (QED) is 0.651. The molecule has 2 N–H and O–H groups in total. The molecule has 5 atom stereocenters. The Morgan fingerprint density at radius 3 is 2.33 bits per heavy atom. The normalized spacial score (nSPS) is 22.9. The van der Waals surface area contributed by atoms with Gasteiger partial charge in [-0.1, -0.05) is 55.8 Å². The lowest BCUT2D eigenvalue weighted by atomic mass is 9.82. The van der Waals surface area contributed by atoms with Crippen molar-refractivity contribution in [2.45, 2.75) is 45.1 Å². The fourth-order valence-corrected chi connectivity index (χ4v) is 5.11. The third-order valence-corrected chi connectivity index (χ3v) is 6.77. The van der Waals surface area contributed by atoms with Gasteiger partial charge in [0.25, 0.3) is 5.91 Å². The number of rotatable bonds is 7. The smallest absolute Gasteiger partial charge is 0.251 e. The van der Waals surface area contributed by atoms with Crippen molar-refractivity contribution < 1.29 is 9.59 Å². The van der Waals surface area contributed by atoms with E-state index in [-0.39, 0.29) is 29.7 Å². The van der Waals surface area contributed by atoms with E-state index in [1.165, 1.54) is 0 Å². The zero-order valence-corrected chi connectivity index (χ0v) is 18.7. The lowest BCUT2D eigenvalue weighted by molar-refractivity contribution is -0.123. The van der Waals surface area contributed by atoms with Crippen molar-refractivity contribution in [1.82, 2.24) is 10.6 Å². The summed E-state index contributed by atoms with van der Waals surface area (Å²) in [7, 11) is 1.70. The number of carbonyl (C=O) groups is 2. The lowest BCUT2D eigenvalue weighted by Crippen LogP contribution is -2.41. The number of benzene rings is 2. The summed E-state index contributed by atoms with van der Waals surface area (Å²) >= 11 is 5.94.